The second-order valence-electron chi connectivity index (χ2n) is 5.94. The monoisotopic (exact) mass is 387 g/mol. The Morgan fingerprint density at radius 2 is 1.89 bits per heavy atom. The van der Waals surface area contributed by atoms with Crippen molar-refractivity contribution >= 4 is 17.4 Å². The number of hydrogen-bond donors (Lipinski definition) is 2. The number of nitrogens with zero attached hydrogens (tertiary/aromatic N) is 3. The van der Waals surface area contributed by atoms with Gasteiger partial charge in [0.05, 0.1) is 5.69 Å². The van der Waals surface area contributed by atoms with Gasteiger partial charge in [-0.1, -0.05) is 0 Å². The van der Waals surface area contributed by atoms with E-state index >= 15 is 0 Å². The zero-order valence-electron chi connectivity index (χ0n) is 14.6. The number of alkyl halides is 2. The SMILES string of the molecule is CNC(=O)Cn1nc(Nc2ccc3c(c2)OC(F)(F)O3)cc1-c1ccncc1. The molecule has 1 aliphatic heterocycles. The van der Waals surface area contributed by atoms with E-state index in [9.17, 15) is 13.6 Å². The first-order valence-corrected chi connectivity index (χ1v) is 8.29. The van der Waals surface area contributed by atoms with Crippen molar-refractivity contribution in [3.63, 3.8) is 0 Å². The Morgan fingerprint density at radius 3 is 2.64 bits per heavy atom. The summed E-state index contributed by atoms with van der Waals surface area (Å²) < 4.78 is 36.7. The maximum atomic E-state index is 13.2. The number of benzene rings is 1. The van der Waals surface area contributed by atoms with Crippen LogP contribution in [-0.4, -0.2) is 34.0 Å². The van der Waals surface area contributed by atoms with Crippen LogP contribution in [0, 0.1) is 0 Å². The molecule has 0 atom stereocenters. The van der Waals surface area contributed by atoms with Gasteiger partial charge < -0.3 is 20.1 Å². The van der Waals surface area contributed by atoms with Crippen molar-refractivity contribution in [2.75, 3.05) is 12.4 Å². The largest absolute Gasteiger partial charge is 0.586 e. The predicted molar refractivity (Wildman–Crippen MR) is 95.5 cm³/mol. The molecule has 3 heterocycles. The smallest absolute Gasteiger partial charge is 0.395 e. The van der Waals surface area contributed by atoms with E-state index in [0.29, 0.717) is 17.2 Å². The molecule has 0 fully saturated rings. The molecular weight excluding hydrogens is 372 g/mol. The Bertz CT molecular complexity index is 1020. The van der Waals surface area contributed by atoms with Crippen LogP contribution in [0.2, 0.25) is 0 Å². The molecule has 1 aromatic carbocycles. The van der Waals surface area contributed by atoms with Gasteiger partial charge >= 0.3 is 6.29 Å². The van der Waals surface area contributed by atoms with Crippen molar-refractivity contribution < 1.29 is 23.0 Å². The number of halogens is 2. The standard InChI is InChI=1S/C18H15F2N5O3/c1-21-17(26)10-25-13(11-4-6-22-7-5-11)9-16(24-25)23-12-2-3-14-15(8-12)28-18(19,20)27-14/h2-9H,10H2,1H3,(H,21,26)(H,23,24). The molecule has 1 aliphatic rings. The van der Waals surface area contributed by atoms with E-state index < -0.39 is 6.29 Å². The molecule has 28 heavy (non-hydrogen) atoms. The molecule has 1 amide bonds. The third-order valence-corrected chi connectivity index (χ3v) is 4.00. The molecule has 0 saturated carbocycles. The lowest BCUT2D eigenvalue weighted by atomic mass is 10.2. The van der Waals surface area contributed by atoms with E-state index in [0.717, 1.165) is 5.56 Å². The van der Waals surface area contributed by atoms with Crippen LogP contribution < -0.4 is 20.1 Å². The number of amides is 1. The quantitative estimate of drug-likeness (QED) is 0.700. The van der Waals surface area contributed by atoms with E-state index in [2.05, 4.69) is 30.2 Å². The van der Waals surface area contributed by atoms with Crippen molar-refractivity contribution in [2.45, 2.75) is 12.8 Å². The third-order valence-electron chi connectivity index (χ3n) is 4.00. The van der Waals surface area contributed by atoms with Gasteiger partial charge in [0.15, 0.2) is 17.3 Å². The summed E-state index contributed by atoms with van der Waals surface area (Å²) >= 11 is 0. The summed E-state index contributed by atoms with van der Waals surface area (Å²) in [4.78, 5) is 15.8. The van der Waals surface area contributed by atoms with Gasteiger partial charge in [0.25, 0.3) is 0 Å². The first-order chi connectivity index (χ1) is 13.4. The molecule has 0 radical (unpaired) electrons. The van der Waals surface area contributed by atoms with Crippen LogP contribution in [0.15, 0.2) is 48.8 Å². The third kappa shape index (κ3) is 3.56. The number of rotatable bonds is 5. The molecule has 10 heteroatoms. The number of carbonyl (C=O) groups excluding carboxylic acids is 1. The Hall–Kier alpha value is -3.69. The highest BCUT2D eigenvalue weighted by atomic mass is 19.3. The number of likely N-dealkylation sites (N-methyl/N-ethyl adjacent to an activating group) is 1. The minimum atomic E-state index is -3.68. The molecule has 8 nitrogen and oxygen atoms in total. The lowest BCUT2D eigenvalue weighted by molar-refractivity contribution is -0.286. The minimum absolute atomic E-state index is 0.0171. The number of carbonyl (C=O) groups is 1. The Morgan fingerprint density at radius 1 is 1.14 bits per heavy atom. The summed E-state index contributed by atoms with van der Waals surface area (Å²) in [7, 11) is 1.54. The van der Waals surface area contributed by atoms with Crippen LogP contribution >= 0.6 is 0 Å². The molecule has 0 spiro atoms. The molecule has 144 valence electrons. The summed E-state index contributed by atoms with van der Waals surface area (Å²) in [5.74, 6) is 0.101. The van der Waals surface area contributed by atoms with Gasteiger partial charge in [0.1, 0.15) is 6.54 Å². The molecule has 4 rings (SSSR count). The van der Waals surface area contributed by atoms with Gasteiger partial charge in [-0.3, -0.25) is 14.5 Å². The lowest BCUT2D eigenvalue weighted by Gasteiger charge is -2.06. The molecular formula is C18H15F2N5O3. The molecule has 3 aromatic rings. The number of ether oxygens (including phenoxy) is 2. The summed E-state index contributed by atoms with van der Waals surface area (Å²) in [6, 6.07) is 9.67. The number of pyridine rings is 1. The van der Waals surface area contributed by atoms with Crippen molar-refractivity contribution in [2.24, 2.45) is 0 Å². The zero-order chi connectivity index (χ0) is 19.7. The summed E-state index contributed by atoms with van der Waals surface area (Å²) in [5.41, 5.74) is 2.00. The molecule has 0 unspecified atom stereocenters. The van der Waals surface area contributed by atoms with Crippen LogP contribution in [0.4, 0.5) is 20.3 Å². The minimum Gasteiger partial charge on any atom is -0.395 e. The second-order valence-corrected chi connectivity index (χ2v) is 5.94. The van der Waals surface area contributed by atoms with Gasteiger partial charge in [-0.05, 0) is 24.3 Å². The maximum absolute atomic E-state index is 13.2. The number of hydrogen-bond acceptors (Lipinski definition) is 6. The van der Waals surface area contributed by atoms with Crippen molar-refractivity contribution in [1.82, 2.24) is 20.1 Å². The van der Waals surface area contributed by atoms with E-state index in [4.69, 9.17) is 0 Å². The topological polar surface area (TPSA) is 90.3 Å². The fourth-order valence-electron chi connectivity index (χ4n) is 2.74. The van der Waals surface area contributed by atoms with Crippen molar-refractivity contribution in [3.05, 3.63) is 48.8 Å². The number of anilines is 2. The Labute approximate surface area is 158 Å². The maximum Gasteiger partial charge on any atom is 0.586 e. The molecule has 2 aromatic heterocycles. The molecule has 0 bridgehead atoms. The van der Waals surface area contributed by atoms with E-state index in [1.807, 2.05) is 0 Å². The van der Waals surface area contributed by atoms with Crippen LogP contribution in [0.3, 0.4) is 0 Å². The van der Waals surface area contributed by atoms with E-state index in [1.54, 1.807) is 43.7 Å². The molecule has 0 saturated heterocycles. The average molecular weight is 387 g/mol. The summed E-state index contributed by atoms with van der Waals surface area (Å²) in [6.45, 7) is 0.0171. The highest BCUT2D eigenvalue weighted by molar-refractivity contribution is 5.77. The van der Waals surface area contributed by atoms with Gasteiger partial charge in [-0.25, -0.2) is 0 Å². The van der Waals surface area contributed by atoms with Crippen LogP contribution in [-0.2, 0) is 11.3 Å². The van der Waals surface area contributed by atoms with Crippen LogP contribution in [0.25, 0.3) is 11.3 Å². The van der Waals surface area contributed by atoms with Gasteiger partial charge in [-0.2, -0.15) is 5.10 Å². The highest BCUT2D eigenvalue weighted by Gasteiger charge is 2.43. The number of fused-ring (bicyclic) bond motifs is 1. The van der Waals surface area contributed by atoms with Gasteiger partial charge in [-0.15, -0.1) is 8.78 Å². The lowest BCUT2D eigenvalue weighted by Crippen LogP contribution is -2.25. The van der Waals surface area contributed by atoms with Crippen molar-refractivity contribution in [1.29, 1.82) is 0 Å². The highest BCUT2D eigenvalue weighted by Crippen LogP contribution is 2.42. The molecule has 0 aliphatic carbocycles. The Balaban J connectivity index is 1.63. The van der Waals surface area contributed by atoms with Crippen LogP contribution in [0.5, 0.6) is 11.5 Å². The van der Waals surface area contributed by atoms with E-state index in [-0.39, 0.29) is 24.0 Å². The number of nitrogens with one attached hydrogen (secondary N) is 2. The van der Waals surface area contributed by atoms with Gasteiger partial charge in [0.2, 0.25) is 5.91 Å². The van der Waals surface area contributed by atoms with Crippen LogP contribution in [0.1, 0.15) is 0 Å². The fourth-order valence-corrected chi connectivity index (χ4v) is 2.74. The van der Waals surface area contributed by atoms with Gasteiger partial charge in [0, 0.05) is 42.8 Å². The van der Waals surface area contributed by atoms with E-state index in [1.165, 1.54) is 16.8 Å². The Kier molecular flexibility index (Phi) is 4.30. The fraction of sp³-hybridized carbons (Fsp3) is 0.167. The van der Waals surface area contributed by atoms with Crippen molar-refractivity contribution in [3.8, 4) is 22.8 Å². The zero-order valence-corrected chi connectivity index (χ0v) is 14.6. The molecule has 2 N–H and O–H groups in total. The summed E-state index contributed by atoms with van der Waals surface area (Å²) in [5, 5.41) is 9.97. The average Bonchev–Trinajstić information content (AvgIpc) is 3.20. The normalized spacial score (nSPS) is 14.0. The first kappa shape index (κ1) is 17.7. The predicted octanol–water partition coefficient (Wildman–Crippen LogP) is 2.76. The summed E-state index contributed by atoms with van der Waals surface area (Å²) in [6.07, 6.45) is -0.403. The number of aromatic nitrogens is 3. The first-order valence-electron chi connectivity index (χ1n) is 8.29. The second kappa shape index (κ2) is 6.80.